The highest BCUT2D eigenvalue weighted by atomic mass is 16.2. The average molecular weight is 284 g/mol. The van der Waals surface area contributed by atoms with Gasteiger partial charge in [-0.3, -0.25) is 4.79 Å². The fourth-order valence-corrected chi connectivity index (χ4v) is 4.58. The molecule has 2 fully saturated rings. The molecule has 0 bridgehead atoms. The van der Waals surface area contributed by atoms with Crippen LogP contribution in [0, 0.1) is 5.92 Å². The predicted octanol–water partition coefficient (Wildman–Crippen LogP) is 2.88. The number of hydrogen-bond acceptors (Lipinski definition) is 2. The Balaban J connectivity index is 1.55. The van der Waals surface area contributed by atoms with Gasteiger partial charge in [0.25, 0.3) is 0 Å². The topological polar surface area (TPSA) is 32.3 Å². The molecule has 0 aromatic heterocycles. The summed E-state index contributed by atoms with van der Waals surface area (Å²) in [6.07, 6.45) is 7.23. The number of amides is 1. The van der Waals surface area contributed by atoms with Crippen molar-refractivity contribution in [1.29, 1.82) is 0 Å². The number of carbonyl (C=O) groups excluding carboxylic acids is 1. The number of carbonyl (C=O) groups is 1. The first-order valence-electron chi connectivity index (χ1n) is 8.41. The van der Waals surface area contributed by atoms with Crippen LogP contribution in [0.25, 0.3) is 0 Å². The van der Waals surface area contributed by atoms with Gasteiger partial charge >= 0.3 is 0 Å². The van der Waals surface area contributed by atoms with Crippen molar-refractivity contribution in [1.82, 2.24) is 5.32 Å². The zero-order valence-corrected chi connectivity index (χ0v) is 12.7. The van der Waals surface area contributed by atoms with E-state index in [1.54, 1.807) is 0 Å². The van der Waals surface area contributed by atoms with E-state index >= 15 is 0 Å². The first-order valence-corrected chi connectivity index (χ1v) is 8.41. The van der Waals surface area contributed by atoms with Crippen LogP contribution in [0.4, 0.5) is 5.69 Å². The Hall–Kier alpha value is -1.35. The summed E-state index contributed by atoms with van der Waals surface area (Å²) in [5.41, 5.74) is 2.44. The molecular formula is C18H24N2O. The van der Waals surface area contributed by atoms with Crippen LogP contribution in [0.15, 0.2) is 24.3 Å². The van der Waals surface area contributed by atoms with Crippen molar-refractivity contribution in [3.63, 3.8) is 0 Å². The predicted molar refractivity (Wildman–Crippen MR) is 84.4 cm³/mol. The number of nitrogens with zero attached hydrogens (tertiary/aromatic N) is 1. The van der Waals surface area contributed by atoms with Crippen molar-refractivity contribution in [2.24, 2.45) is 5.92 Å². The van der Waals surface area contributed by atoms with E-state index in [0.717, 1.165) is 24.4 Å². The van der Waals surface area contributed by atoms with Crippen molar-refractivity contribution in [3.8, 4) is 0 Å². The molecule has 3 nitrogen and oxygen atoms in total. The summed E-state index contributed by atoms with van der Waals surface area (Å²) < 4.78 is 0. The van der Waals surface area contributed by atoms with E-state index in [9.17, 15) is 4.79 Å². The summed E-state index contributed by atoms with van der Waals surface area (Å²) in [5, 5.41) is 3.63. The minimum atomic E-state index is 0.0340. The fourth-order valence-electron chi connectivity index (χ4n) is 4.58. The first-order chi connectivity index (χ1) is 10.2. The molecule has 1 aliphatic carbocycles. The molecule has 1 aromatic rings. The number of para-hydroxylation sites is 1. The minimum absolute atomic E-state index is 0.0340. The molecule has 0 radical (unpaired) electrons. The summed E-state index contributed by atoms with van der Waals surface area (Å²) in [5.74, 6) is 1.02. The van der Waals surface area contributed by atoms with Crippen molar-refractivity contribution < 1.29 is 4.79 Å². The van der Waals surface area contributed by atoms with Crippen LogP contribution in [0.5, 0.6) is 0 Å². The Bertz CT molecular complexity index is 542. The fraction of sp³-hybridized carbons (Fsp3) is 0.611. The monoisotopic (exact) mass is 284 g/mol. The molecular weight excluding hydrogens is 260 g/mol. The zero-order valence-electron chi connectivity index (χ0n) is 12.7. The van der Waals surface area contributed by atoms with E-state index in [2.05, 4.69) is 30.4 Å². The van der Waals surface area contributed by atoms with Gasteiger partial charge in [-0.25, -0.2) is 0 Å². The smallest absolute Gasteiger partial charge is 0.244 e. The molecule has 2 heterocycles. The minimum Gasteiger partial charge on any atom is -0.308 e. The van der Waals surface area contributed by atoms with Crippen LogP contribution in [-0.2, 0) is 11.2 Å². The Morgan fingerprint density at radius 1 is 1.24 bits per heavy atom. The van der Waals surface area contributed by atoms with Crippen LogP contribution in [0.3, 0.4) is 0 Å². The molecule has 4 rings (SSSR count). The third-order valence-electron chi connectivity index (χ3n) is 5.61. The zero-order chi connectivity index (χ0) is 14.4. The SMILES string of the molecule is CC1Cc2ccccc2N1C(=O)C1CC2CCCCC2N1. The van der Waals surface area contributed by atoms with Crippen molar-refractivity contribution in [2.75, 3.05) is 4.90 Å². The number of anilines is 1. The normalized spacial score (nSPS) is 34.6. The summed E-state index contributed by atoms with van der Waals surface area (Å²) in [6.45, 7) is 2.17. The van der Waals surface area contributed by atoms with Crippen LogP contribution in [0.2, 0.25) is 0 Å². The van der Waals surface area contributed by atoms with Crippen LogP contribution >= 0.6 is 0 Å². The Kier molecular flexibility index (Phi) is 3.26. The summed E-state index contributed by atoms with van der Waals surface area (Å²) in [4.78, 5) is 15.1. The molecule has 3 heteroatoms. The van der Waals surface area contributed by atoms with Crippen LogP contribution in [0.1, 0.15) is 44.6 Å². The van der Waals surface area contributed by atoms with E-state index in [0.29, 0.717) is 18.0 Å². The van der Waals surface area contributed by atoms with Crippen molar-refractivity contribution in [2.45, 2.75) is 63.6 Å². The molecule has 112 valence electrons. The highest BCUT2D eigenvalue weighted by molar-refractivity contribution is 5.99. The third kappa shape index (κ3) is 2.18. The van der Waals surface area contributed by atoms with Gasteiger partial charge in [0.2, 0.25) is 5.91 Å². The van der Waals surface area contributed by atoms with Gasteiger partial charge in [0.05, 0.1) is 6.04 Å². The maximum absolute atomic E-state index is 13.0. The van der Waals surface area contributed by atoms with Gasteiger partial charge in [-0.2, -0.15) is 0 Å². The molecule has 0 spiro atoms. The van der Waals surface area contributed by atoms with Crippen LogP contribution in [-0.4, -0.2) is 24.0 Å². The van der Waals surface area contributed by atoms with Gasteiger partial charge in [0.15, 0.2) is 0 Å². The number of fused-ring (bicyclic) bond motifs is 2. The molecule has 3 aliphatic rings. The standard InChI is InChI=1S/C18H24N2O/c1-12-10-14-7-3-5-9-17(14)20(12)18(21)16-11-13-6-2-4-8-15(13)19-16/h3,5,7,9,12-13,15-16,19H,2,4,6,8,10-11H2,1H3. The second kappa shape index (κ2) is 5.13. The molecule has 1 amide bonds. The number of nitrogens with one attached hydrogen (secondary N) is 1. The van der Waals surface area contributed by atoms with Gasteiger partial charge in [-0.05, 0) is 50.2 Å². The van der Waals surface area contributed by atoms with E-state index in [-0.39, 0.29) is 6.04 Å². The molecule has 1 N–H and O–H groups in total. The number of benzene rings is 1. The lowest BCUT2D eigenvalue weighted by atomic mass is 9.85. The second-order valence-electron chi connectivity index (χ2n) is 7.00. The van der Waals surface area contributed by atoms with Crippen molar-refractivity contribution in [3.05, 3.63) is 29.8 Å². The molecule has 4 atom stereocenters. The maximum Gasteiger partial charge on any atom is 0.244 e. The van der Waals surface area contributed by atoms with Gasteiger partial charge in [-0.15, -0.1) is 0 Å². The Morgan fingerprint density at radius 2 is 2.05 bits per heavy atom. The highest BCUT2D eigenvalue weighted by Crippen LogP contribution is 2.37. The third-order valence-corrected chi connectivity index (χ3v) is 5.61. The lowest BCUT2D eigenvalue weighted by Gasteiger charge is -2.26. The van der Waals surface area contributed by atoms with E-state index in [1.165, 1.54) is 31.2 Å². The molecule has 1 saturated heterocycles. The Morgan fingerprint density at radius 3 is 2.90 bits per heavy atom. The summed E-state index contributed by atoms with van der Waals surface area (Å²) in [6, 6.07) is 9.27. The molecule has 2 aliphatic heterocycles. The molecule has 1 saturated carbocycles. The highest BCUT2D eigenvalue weighted by Gasteiger charge is 2.42. The van der Waals surface area contributed by atoms with Crippen molar-refractivity contribution >= 4 is 11.6 Å². The van der Waals surface area contributed by atoms with Gasteiger partial charge < -0.3 is 10.2 Å². The van der Waals surface area contributed by atoms with Gasteiger partial charge in [-0.1, -0.05) is 31.0 Å². The van der Waals surface area contributed by atoms with E-state index < -0.39 is 0 Å². The largest absolute Gasteiger partial charge is 0.308 e. The summed E-state index contributed by atoms with van der Waals surface area (Å²) >= 11 is 0. The van der Waals surface area contributed by atoms with Gasteiger partial charge in [0, 0.05) is 17.8 Å². The number of hydrogen-bond donors (Lipinski definition) is 1. The average Bonchev–Trinajstić information content (AvgIpc) is 3.06. The number of rotatable bonds is 1. The molecule has 1 aromatic carbocycles. The molecule has 4 unspecified atom stereocenters. The lowest BCUT2D eigenvalue weighted by Crippen LogP contribution is -2.47. The van der Waals surface area contributed by atoms with E-state index in [1.807, 2.05) is 11.0 Å². The van der Waals surface area contributed by atoms with E-state index in [4.69, 9.17) is 0 Å². The molecule has 21 heavy (non-hydrogen) atoms. The Labute approximate surface area is 126 Å². The summed E-state index contributed by atoms with van der Waals surface area (Å²) in [7, 11) is 0. The van der Waals surface area contributed by atoms with Gasteiger partial charge in [0.1, 0.15) is 0 Å². The lowest BCUT2D eigenvalue weighted by molar-refractivity contribution is -0.120. The van der Waals surface area contributed by atoms with Crippen LogP contribution < -0.4 is 10.2 Å². The maximum atomic E-state index is 13.0. The second-order valence-corrected chi connectivity index (χ2v) is 7.00. The quantitative estimate of drug-likeness (QED) is 0.860. The first kappa shape index (κ1) is 13.3.